The Morgan fingerprint density at radius 1 is 1.00 bits per heavy atom. The lowest BCUT2D eigenvalue weighted by Crippen LogP contribution is -2.16. The first-order valence-electron chi connectivity index (χ1n) is 6.59. The van der Waals surface area contributed by atoms with Gasteiger partial charge in [-0.1, -0.05) is 12.1 Å². The molecular weight excluding hydrogens is 286 g/mol. The molecule has 2 aromatic carbocycles. The number of carboxylic acid groups (broad SMARTS) is 1. The second kappa shape index (κ2) is 7.24. The number of aliphatic hydroxyl groups is 1. The minimum atomic E-state index is -1.15. The smallest absolute Gasteiger partial charge is 0.336 e. The highest BCUT2D eigenvalue weighted by molar-refractivity contribution is 6.10. The molecule has 0 aliphatic carbocycles. The lowest BCUT2D eigenvalue weighted by atomic mass is 10.1. The number of carboxylic acids is 1. The van der Waals surface area contributed by atoms with Gasteiger partial charge in [0.25, 0.3) is 5.91 Å². The van der Waals surface area contributed by atoms with Crippen LogP contribution in [0.5, 0.6) is 5.75 Å². The number of rotatable bonds is 6. The first-order valence-corrected chi connectivity index (χ1v) is 6.59. The maximum absolute atomic E-state index is 12.2. The summed E-state index contributed by atoms with van der Waals surface area (Å²) >= 11 is 0. The predicted octanol–water partition coefficient (Wildman–Crippen LogP) is 2.01. The van der Waals surface area contributed by atoms with Gasteiger partial charge in [-0.3, -0.25) is 4.79 Å². The van der Waals surface area contributed by atoms with E-state index in [0.717, 1.165) is 0 Å². The number of aromatic carboxylic acids is 1. The minimum absolute atomic E-state index is 0.0529. The summed E-state index contributed by atoms with van der Waals surface area (Å²) in [5.74, 6) is -1.08. The molecule has 2 rings (SSSR count). The topological polar surface area (TPSA) is 95.9 Å². The van der Waals surface area contributed by atoms with Crippen LogP contribution < -0.4 is 10.1 Å². The van der Waals surface area contributed by atoms with E-state index in [1.807, 2.05) is 0 Å². The molecule has 0 spiro atoms. The summed E-state index contributed by atoms with van der Waals surface area (Å²) in [6.45, 7) is 0.113. The number of amides is 1. The van der Waals surface area contributed by atoms with Crippen LogP contribution in [0.2, 0.25) is 0 Å². The summed E-state index contributed by atoms with van der Waals surface area (Å²) in [5, 5.41) is 20.4. The Morgan fingerprint density at radius 2 is 1.64 bits per heavy atom. The van der Waals surface area contributed by atoms with Crippen molar-refractivity contribution in [3.63, 3.8) is 0 Å². The van der Waals surface area contributed by atoms with Gasteiger partial charge in [0, 0.05) is 5.69 Å². The summed E-state index contributed by atoms with van der Waals surface area (Å²) < 4.78 is 5.21. The lowest BCUT2D eigenvalue weighted by molar-refractivity contribution is 0.0692. The molecule has 0 fully saturated rings. The Kier molecular flexibility index (Phi) is 5.11. The summed E-state index contributed by atoms with van der Waals surface area (Å²) in [5.41, 5.74) is 0.556. The molecule has 0 saturated heterocycles. The number of nitrogens with one attached hydrogen (secondary N) is 1. The summed E-state index contributed by atoms with van der Waals surface area (Å²) in [7, 11) is 0. The first kappa shape index (κ1) is 15.5. The molecule has 0 aliphatic heterocycles. The van der Waals surface area contributed by atoms with Gasteiger partial charge in [0.15, 0.2) is 0 Å². The second-order valence-corrected chi connectivity index (χ2v) is 4.40. The van der Waals surface area contributed by atoms with Crippen molar-refractivity contribution in [2.75, 3.05) is 18.5 Å². The molecule has 0 unspecified atom stereocenters. The zero-order chi connectivity index (χ0) is 15.9. The number of carbonyl (C=O) groups excluding carboxylic acids is 1. The largest absolute Gasteiger partial charge is 0.491 e. The van der Waals surface area contributed by atoms with Crippen LogP contribution in [0.3, 0.4) is 0 Å². The standard InChI is InChI=1S/C16H15NO5/c18-9-10-22-12-7-5-11(6-8-12)17-15(19)13-3-1-2-4-14(13)16(20)21/h1-8,18H,9-10H2,(H,17,19)(H,20,21). The fraction of sp³-hybridized carbons (Fsp3) is 0.125. The average Bonchev–Trinajstić information content (AvgIpc) is 2.54. The lowest BCUT2D eigenvalue weighted by Gasteiger charge is -2.09. The third kappa shape index (κ3) is 3.83. The maximum Gasteiger partial charge on any atom is 0.336 e. The Hall–Kier alpha value is -2.86. The van der Waals surface area contributed by atoms with Gasteiger partial charge in [-0.05, 0) is 36.4 Å². The summed E-state index contributed by atoms with van der Waals surface area (Å²) in [6, 6.07) is 12.6. The molecule has 6 nitrogen and oxygen atoms in total. The van der Waals surface area contributed by atoms with Crippen LogP contribution in [0, 0.1) is 0 Å². The maximum atomic E-state index is 12.2. The van der Waals surface area contributed by atoms with E-state index < -0.39 is 11.9 Å². The molecular formula is C16H15NO5. The van der Waals surface area contributed by atoms with Crippen LogP contribution in [0.1, 0.15) is 20.7 Å². The van der Waals surface area contributed by atoms with Crippen LogP contribution in [0.25, 0.3) is 0 Å². The van der Waals surface area contributed by atoms with Crippen LogP contribution in [0.15, 0.2) is 48.5 Å². The van der Waals surface area contributed by atoms with Crippen molar-refractivity contribution in [3.05, 3.63) is 59.7 Å². The van der Waals surface area contributed by atoms with E-state index in [9.17, 15) is 9.59 Å². The van der Waals surface area contributed by atoms with Crippen molar-refractivity contribution in [2.24, 2.45) is 0 Å². The summed E-state index contributed by atoms with van der Waals surface area (Å²) in [6.07, 6.45) is 0. The van der Waals surface area contributed by atoms with Crippen LogP contribution >= 0.6 is 0 Å². The van der Waals surface area contributed by atoms with E-state index in [0.29, 0.717) is 11.4 Å². The van der Waals surface area contributed by atoms with Gasteiger partial charge in [0.2, 0.25) is 0 Å². The molecule has 0 aliphatic rings. The van der Waals surface area contributed by atoms with Gasteiger partial charge < -0.3 is 20.3 Å². The highest BCUT2D eigenvalue weighted by Gasteiger charge is 2.15. The molecule has 0 atom stereocenters. The van der Waals surface area contributed by atoms with Gasteiger partial charge >= 0.3 is 5.97 Å². The van der Waals surface area contributed by atoms with Gasteiger partial charge in [0.05, 0.1) is 17.7 Å². The highest BCUT2D eigenvalue weighted by atomic mass is 16.5. The van der Waals surface area contributed by atoms with Crippen molar-refractivity contribution in [3.8, 4) is 5.75 Å². The van der Waals surface area contributed by atoms with Crippen LogP contribution in [-0.2, 0) is 0 Å². The molecule has 0 bridgehead atoms. The van der Waals surface area contributed by atoms with E-state index in [4.69, 9.17) is 14.9 Å². The second-order valence-electron chi connectivity index (χ2n) is 4.40. The normalized spacial score (nSPS) is 10.0. The molecule has 6 heteroatoms. The molecule has 3 N–H and O–H groups in total. The Morgan fingerprint density at radius 3 is 2.23 bits per heavy atom. The monoisotopic (exact) mass is 301 g/mol. The van der Waals surface area contributed by atoms with Crippen molar-refractivity contribution in [2.45, 2.75) is 0 Å². The number of carbonyl (C=O) groups is 2. The minimum Gasteiger partial charge on any atom is -0.491 e. The molecule has 114 valence electrons. The number of ether oxygens (including phenoxy) is 1. The Bertz CT molecular complexity index is 666. The summed E-state index contributed by atoms with van der Waals surface area (Å²) in [4.78, 5) is 23.3. The van der Waals surface area contributed by atoms with Crippen LogP contribution in [-0.4, -0.2) is 35.3 Å². The van der Waals surface area contributed by atoms with Crippen LogP contribution in [0.4, 0.5) is 5.69 Å². The fourth-order valence-corrected chi connectivity index (χ4v) is 1.86. The number of aliphatic hydroxyl groups excluding tert-OH is 1. The van der Waals surface area contributed by atoms with Crippen molar-refractivity contribution < 1.29 is 24.5 Å². The Balaban J connectivity index is 2.10. The molecule has 1 amide bonds. The van der Waals surface area contributed by atoms with Gasteiger partial charge in [-0.15, -0.1) is 0 Å². The first-order chi connectivity index (χ1) is 10.6. The Labute approximate surface area is 127 Å². The average molecular weight is 301 g/mol. The van der Waals surface area contributed by atoms with Gasteiger partial charge in [-0.2, -0.15) is 0 Å². The number of anilines is 1. The number of hydrogen-bond acceptors (Lipinski definition) is 4. The van der Waals surface area contributed by atoms with E-state index in [1.54, 1.807) is 36.4 Å². The van der Waals surface area contributed by atoms with Crippen molar-refractivity contribution in [1.82, 2.24) is 0 Å². The molecule has 0 radical (unpaired) electrons. The number of benzene rings is 2. The zero-order valence-electron chi connectivity index (χ0n) is 11.7. The molecule has 0 saturated carbocycles. The van der Waals surface area contributed by atoms with Gasteiger partial charge in [0.1, 0.15) is 12.4 Å². The van der Waals surface area contributed by atoms with Crippen molar-refractivity contribution >= 4 is 17.6 Å². The van der Waals surface area contributed by atoms with E-state index in [-0.39, 0.29) is 24.3 Å². The number of hydrogen-bond donors (Lipinski definition) is 3. The quantitative estimate of drug-likeness (QED) is 0.758. The molecule has 0 aromatic heterocycles. The van der Waals surface area contributed by atoms with E-state index >= 15 is 0 Å². The third-order valence-electron chi connectivity index (χ3n) is 2.87. The van der Waals surface area contributed by atoms with Crippen molar-refractivity contribution in [1.29, 1.82) is 0 Å². The predicted molar refractivity (Wildman–Crippen MR) is 80.4 cm³/mol. The zero-order valence-corrected chi connectivity index (χ0v) is 11.7. The van der Waals surface area contributed by atoms with Gasteiger partial charge in [-0.25, -0.2) is 4.79 Å². The van der Waals surface area contributed by atoms with E-state index in [2.05, 4.69) is 5.32 Å². The SMILES string of the molecule is O=C(O)c1ccccc1C(=O)Nc1ccc(OCCO)cc1. The molecule has 2 aromatic rings. The third-order valence-corrected chi connectivity index (χ3v) is 2.87. The highest BCUT2D eigenvalue weighted by Crippen LogP contribution is 2.17. The van der Waals surface area contributed by atoms with E-state index in [1.165, 1.54) is 12.1 Å². The fourth-order valence-electron chi connectivity index (χ4n) is 1.86. The molecule has 0 heterocycles. The molecule has 22 heavy (non-hydrogen) atoms.